The maximum atomic E-state index is 13.1. The fraction of sp³-hybridized carbons (Fsp3) is 0.186. The minimum Gasteiger partial charge on any atom is -0.508 e. The number of phenolic OH excluding ortho intramolecular Hbond substituents is 1. The van der Waals surface area contributed by atoms with Gasteiger partial charge in [-0.1, -0.05) is 84.9 Å². The molecule has 0 aliphatic rings. The van der Waals surface area contributed by atoms with Gasteiger partial charge in [0, 0.05) is 48.6 Å². The van der Waals surface area contributed by atoms with Crippen molar-refractivity contribution in [2.75, 3.05) is 48.9 Å². The SMILES string of the molecule is O=C(CCCOCCOCCNc1nc(Nc2ccc(O)cc2)nc(Nc2ccc(C(=O)NCc3ccccc3-c3ccccc3)cc2)n1)c1ccccc1. The lowest BCUT2D eigenvalue weighted by Crippen LogP contribution is -2.23. The Morgan fingerprint density at radius 2 is 1.16 bits per heavy atom. The van der Waals surface area contributed by atoms with Crippen molar-refractivity contribution in [2.24, 2.45) is 0 Å². The molecule has 12 nitrogen and oxygen atoms in total. The van der Waals surface area contributed by atoms with Gasteiger partial charge in [0.05, 0.1) is 19.8 Å². The number of carbonyl (C=O) groups excluding carboxylic acids is 2. The number of rotatable bonds is 20. The summed E-state index contributed by atoms with van der Waals surface area (Å²) in [5, 5.41) is 22.2. The van der Waals surface area contributed by atoms with Crippen molar-refractivity contribution >= 4 is 40.9 Å². The number of amides is 1. The predicted octanol–water partition coefficient (Wildman–Crippen LogP) is 7.77. The van der Waals surface area contributed by atoms with Crippen LogP contribution in [0.15, 0.2) is 133 Å². The topological polar surface area (TPSA) is 160 Å². The molecule has 1 aromatic heterocycles. The van der Waals surface area contributed by atoms with Crippen LogP contribution in [0.5, 0.6) is 5.75 Å². The Balaban J connectivity index is 0.990. The van der Waals surface area contributed by atoms with Crippen LogP contribution in [0.2, 0.25) is 0 Å². The molecule has 0 radical (unpaired) electrons. The summed E-state index contributed by atoms with van der Waals surface area (Å²) in [5.41, 5.74) is 5.78. The van der Waals surface area contributed by atoms with E-state index in [9.17, 15) is 14.7 Å². The van der Waals surface area contributed by atoms with Crippen LogP contribution < -0.4 is 21.3 Å². The summed E-state index contributed by atoms with van der Waals surface area (Å²) in [6.45, 7) is 2.50. The fourth-order valence-corrected chi connectivity index (χ4v) is 5.59. The first kappa shape index (κ1) is 38.1. The van der Waals surface area contributed by atoms with Gasteiger partial charge < -0.3 is 35.8 Å². The Kier molecular flexibility index (Phi) is 13.9. The van der Waals surface area contributed by atoms with Crippen LogP contribution in [0.1, 0.15) is 39.1 Å². The van der Waals surface area contributed by atoms with Crippen molar-refractivity contribution in [1.82, 2.24) is 20.3 Å². The lowest BCUT2D eigenvalue weighted by Gasteiger charge is -2.13. The van der Waals surface area contributed by atoms with Gasteiger partial charge in [-0.25, -0.2) is 0 Å². The molecule has 0 atom stereocenters. The second kappa shape index (κ2) is 20.0. The van der Waals surface area contributed by atoms with Gasteiger partial charge >= 0.3 is 0 Å². The number of nitrogens with one attached hydrogen (secondary N) is 4. The van der Waals surface area contributed by atoms with Gasteiger partial charge in [-0.2, -0.15) is 15.0 Å². The van der Waals surface area contributed by atoms with Crippen LogP contribution in [-0.2, 0) is 16.0 Å². The van der Waals surface area contributed by atoms with Crippen LogP contribution in [0.25, 0.3) is 11.1 Å². The van der Waals surface area contributed by atoms with Crippen LogP contribution >= 0.6 is 0 Å². The third-order valence-corrected chi connectivity index (χ3v) is 8.39. The molecule has 0 aliphatic heterocycles. The normalized spacial score (nSPS) is 10.8. The van der Waals surface area contributed by atoms with E-state index < -0.39 is 0 Å². The van der Waals surface area contributed by atoms with Gasteiger partial charge in [-0.3, -0.25) is 9.59 Å². The van der Waals surface area contributed by atoms with Crippen molar-refractivity contribution in [2.45, 2.75) is 19.4 Å². The van der Waals surface area contributed by atoms with Crippen molar-refractivity contribution in [3.05, 3.63) is 150 Å². The molecule has 0 aliphatic carbocycles. The molecule has 1 heterocycles. The molecular formula is C43H43N7O5. The molecule has 6 rings (SSSR count). The number of Topliss-reactive ketones (excluding diaryl/α,β-unsaturated/α-hetero) is 1. The second-order valence-corrected chi connectivity index (χ2v) is 12.4. The molecule has 0 saturated carbocycles. The highest BCUT2D eigenvalue weighted by molar-refractivity contribution is 5.96. The minimum atomic E-state index is -0.189. The third-order valence-electron chi connectivity index (χ3n) is 8.39. The number of nitrogens with zero attached hydrogens (tertiary/aromatic N) is 3. The van der Waals surface area contributed by atoms with Gasteiger partial charge in [-0.05, 0) is 71.6 Å². The van der Waals surface area contributed by atoms with Gasteiger partial charge in [0.1, 0.15) is 5.75 Å². The number of ketones is 1. The van der Waals surface area contributed by atoms with Crippen molar-refractivity contribution in [3.63, 3.8) is 0 Å². The highest BCUT2D eigenvalue weighted by Gasteiger charge is 2.11. The highest BCUT2D eigenvalue weighted by atomic mass is 16.5. The Hall–Kier alpha value is -6.63. The molecule has 0 fully saturated rings. The molecule has 55 heavy (non-hydrogen) atoms. The summed E-state index contributed by atoms with van der Waals surface area (Å²) in [4.78, 5) is 38.8. The van der Waals surface area contributed by atoms with E-state index in [-0.39, 0.29) is 29.3 Å². The zero-order valence-corrected chi connectivity index (χ0v) is 30.3. The lowest BCUT2D eigenvalue weighted by atomic mass is 10.00. The summed E-state index contributed by atoms with van der Waals surface area (Å²) in [7, 11) is 0. The highest BCUT2D eigenvalue weighted by Crippen LogP contribution is 2.24. The van der Waals surface area contributed by atoms with Crippen molar-refractivity contribution in [1.29, 1.82) is 0 Å². The first-order chi connectivity index (χ1) is 27.0. The number of ether oxygens (including phenoxy) is 2. The number of benzene rings is 5. The third kappa shape index (κ3) is 11.9. The Morgan fingerprint density at radius 1 is 0.582 bits per heavy atom. The summed E-state index contributed by atoms with van der Waals surface area (Å²) < 4.78 is 11.3. The maximum absolute atomic E-state index is 13.1. The number of carbonyl (C=O) groups is 2. The average molecular weight is 738 g/mol. The Bertz CT molecular complexity index is 2120. The maximum Gasteiger partial charge on any atom is 0.251 e. The number of hydrogen-bond donors (Lipinski definition) is 5. The molecule has 12 heteroatoms. The summed E-state index contributed by atoms with van der Waals surface area (Å²) in [6, 6.07) is 41.0. The van der Waals surface area contributed by atoms with E-state index >= 15 is 0 Å². The molecule has 0 bridgehead atoms. The van der Waals surface area contributed by atoms with Crippen LogP contribution in [0, 0.1) is 0 Å². The quantitative estimate of drug-likeness (QED) is 0.0296. The molecule has 1 amide bonds. The first-order valence-electron chi connectivity index (χ1n) is 18.1. The van der Waals surface area contributed by atoms with Crippen LogP contribution in [0.3, 0.4) is 0 Å². The molecule has 6 aromatic rings. The molecule has 0 saturated heterocycles. The van der Waals surface area contributed by atoms with E-state index in [1.54, 1.807) is 48.5 Å². The summed E-state index contributed by atoms with van der Waals surface area (Å²) in [5.74, 6) is 0.925. The molecule has 280 valence electrons. The van der Waals surface area contributed by atoms with Gasteiger partial charge in [0.25, 0.3) is 5.91 Å². The average Bonchev–Trinajstić information content (AvgIpc) is 3.22. The monoisotopic (exact) mass is 737 g/mol. The minimum absolute atomic E-state index is 0.111. The van der Waals surface area contributed by atoms with E-state index in [4.69, 9.17) is 9.47 Å². The Morgan fingerprint density at radius 3 is 1.85 bits per heavy atom. The smallest absolute Gasteiger partial charge is 0.251 e. The Labute approximate surface area is 320 Å². The first-order valence-corrected chi connectivity index (χ1v) is 18.1. The zero-order valence-electron chi connectivity index (χ0n) is 30.3. The summed E-state index contributed by atoms with van der Waals surface area (Å²) >= 11 is 0. The van der Waals surface area contributed by atoms with E-state index in [1.807, 2.05) is 66.7 Å². The molecule has 0 spiro atoms. The zero-order chi connectivity index (χ0) is 38.1. The van der Waals surface area contributed by atoms with E-state index in [0.717, 1.165) is 22.3 Å². The molecule has 5 N–H and O–H groups in total. The lowest BCUT2D eigenvalue weighted by molar-refractivity contribution is 0.0497. The van der Waals surface area contributed by atoms with Crippen molar-refractivity contribution in [3.8, 4) is 16.9 Å². The van der Waals surface area contributed by atoms with E-state index in [1.165, 1.54) is 0 Å². The number of hydrogen-bond acceptors (Lipinski definition) is 11. The van der Waals surface area contributed by atoms with Gasteiger partial charge in [0.15, 0.2) is 5.78 Å². The van der Waals surface area contributed by atoms with Crippen molar-refractivity contribution < 1.29 is 24.2 Å². The van der Waals surface area contributed by atoms with E-state index in [0.29, 0.717) is 75.2 Å². The van der Waals surface area contributed by atoms with Gasteiger partial charge in [0.2, 0.25) is 17.8 Å². The number of anilines is 5. The van der Waals surface area contributed by atoms with Gasteiger partial charge in [-0.15, -0.1) is 0 Å². The number of aromatic hydroxyl groups is 1. The predicted molar refractivity (Wildman–Crippen MR) is 214 cm³/mol. The molecular weight excluding hydrogens is 695 g/mol. The fourth-order valence-electron chi connectivity index (χ4n) is 5.59. The number of aromatic nitrogens is 3. The molecule has 5 aromatic carbocycles. The second-order valence-electron chi connectivity index (χ2n) is 12.4. The summed E-state index contributed by atoms with van der Waals surface area (Å²) in [6.07, 6.45) is 1.09. The molecule has 0 unspecified atom stereocenters. The van der Waals surface area contributed by atoms with E-state index in [2.05, 4.69) is 54.4 Å². The standard InChI is InChI=1S/C43H43N7O5/c51-37-23-21-36(22-24-37)47-43-49-41(44-25-27-55-29-28-54-26-9-16-39(52)32-12-5-2-6-13-32)48-42(50-43)46-35-19-17-33(18-20-35)40(53)45-30-34-14-7-8-15-38(34)31-10-3-1-4-11-31/h1-8,10-15,17-24,51H,9,16,25-30H2,(H,45,53)(H3,44,46,47,48,49,50). The van der Waals surface area contributed by atoms with Crippen LogP contribution in [0.4, 0.5) is 29.2 Å². The number of phenols is 1. The largest absolute Gasteiger partial charge is 0.508 e. The van der Waals surface area contributed by atoms with Crippen LogP contribution in [-0.4, -0.2) is 64.7 Å².